The van der Waals surface area contributed by atoms with Gasteiger partial charge in [-0.1, -0.05) is 35.9 Å². The van der Waals surface area contributed by atoms with Crippen LogP contribution in [0.25, 0.3) is 0 Å². The molecule has 0 saturated carbocycles. The fourth-order valence-electron chi connectivity index (χ4n) is 2.78. The van der Waals surface area contributed by atoms with Crippen LogP contribution in [-0.2, 0) is 4.79 Å². The number of carbonyl (C=O) groups excluding carboxylic acids is 3. The van der Waals surface area contributed by atoms with Gasteiger partial charge in [-0.15, -0.1) is 0 Å². The van der Waals surface area contributed by atoms with Crippen molar-refractivity contribution in [1.82, 2.24) is 0 Å². The van der Waals surface area contributed by atoms with E-state index in [1.54, 1.807) is 60.7 Å². The highest BCUT2D eigenvalue weighted by molar-refractivity contribution is 6.34. The lowest BCUT2D eigenvalue weighted by atomic mass is 10.1. The van der Waals surface area contributed by atoms with E-state index in [1.807, 2.05) is 13.0 Å². The first-order valence-corrected chi connectivity index (χ1v) is 9.57. The number of amides is 3. The molecule has 7 heteroatoms. The Labute approximate surface area is 179 Å². The molecule has 0 atom stereocenters. The number of rotatable bonds is 5. The number of hydrogen-bond acceptors (Lipinski definition) is 3. The Morgan fingerprint density at radius 3 is 2.10 bits per heavy atom. The number of anilines is 3. The Morgan fingerprint density at radius 2 is 1.40 bits per heavy atom. The Balaban J connectivity index is 1.80. The van der Waals surface area contributed by atoms with Crippen molar-refractivity contribution in [2.24, 2.45) is 0 Å². The van der Waals surface area contributed by atoms with Gasteiger partial charge in [-0.3, -0.25) is 14.4 Å². The molecule has 0 radical (unpaired) electrons. The molecule has 0 aromatic heterocycles. The number of hydrogen-bond donors (Lipinski definition) is 3. The molecule has 0 aliphatic rings. The zero-order valence-corrected chi connectivity index (χ0v) is 17.2. The van der Waals surface area contributed by atoms with Crippen LogP contribution in [0.2, 0.25) is 5.02 Å². The van der Waals surface area contributed by atoms with Crippen LogP contribution in [0, 0.1) is 6.92 Å². The van der Waals surface area contributed by atoms with Gasteiger partial charge in [-0.25, -0.2) is 0 Å². The van der Waals surface area contributed by atoms with E-state index in [2.05, 4.69) is 16.0 Å². The summed E-state index contributed by atoms with van der Waals surface area (Å²) in [6, 6.07) is 18.7. The van der Waals surface area contributed by atoms with Crippen molar-refractivity contribution in [3.05, 3.63) is 88.4 Å². The van der Waals surface area contributed by atoms with Crippen LogP contribution in [0.15, 0.2) is 66.7 Å². The van der Waals surface area contributed by atoms with Gasteiger partial charge in [-0.2, -0.15) is 0 Å². The summed E-state index contributed by atoms with van der Waals surface area (Å²) in [5, 5.41) is 8.55. The number of benzene rings is 3. The Hall–Kier alpha value is -3.64. The van der Waals surface area contributed by atoms with E-state index in [1.165, 1.54) is 6.92 Å². The predicted molar refractivity (Wildman–Crippen MR) is 119 cm³/mol. The average Bonchev–Trinajstić information content (AvgIpc) is 2.72. The van der Waals surface area contributed by atoms with Crippen LogP contribution in [0.4, 0.5) is 17.1 Å². The van der Waals surface area contributed by atoms with Crippen LogP contribution in [0.3, 0.4) is 0 Å². The van der Waals surface area contributed by atoms with E-state index in [0.717, 1.165) is 5.56 Å². The molecule has 3 aromatic rings. The summed E-state index contributed by atoms with van der Waals surface area (Å²) in [6.07, 6.45) is 0. The minimum absolute atomic E-state index is 0.230. The average molecular weight is 422 g/mol. The quantitative estimate of drug-likeness (QED) is 0.534. The van der Waals surface area contributed by atoms with Crippen LogP contribution >= 0.6 is 11.6 Å². The van der Waals surface area contributed by atoms with Crippen molar-refractivity contribution >= 4 is 46.4 Å². The highest BCUT2D eigenvalue weighted by Crippen LogP contribution is 2.27. The van der Waals surface area contributed by atoms with Crippen molar-refractivity contribution in [3.8, 4) is 0 Å². The summed E-state index contributed by atoms with van der Waals surface area (Å²) in [4.78, 5) is 36.4. The molecular formula is C23H20ClN3O3. The summed E-state index contributed by atoms with van der Waals surface area (Å²) < 4.78 is 0. The van der Waals surface area contributed by atoms with Gasteiger partial charge in [0.2, 0.25) is 5.91 Å². The first-order chi connectivity index (χ1) is 14.3. The molecule has 0 saturated heterocycles. The van der Waals surface area contributed by atoms with Gasteiger partial charge in [-0.05, 0) is 55.0 Å². The lowest BCUT2D eigenvalue weighted by molar-refractivity contribution is -0.114. The maximum Gasteiger partial charge on any atom is 0.255 e. The van der Waals surface area contributed by atoms with Gasteiger partial charge in [0.05, 0.1) is 10.7 Å². The molecule has 0 spiro atoms. The lowest BCUT2D eigenvalue weighted by Gasteiger charge is -2.13. The maximum atomic E-state index is 12.7. The van der Waals surface area contributed by atoms with E-state index in [9.17, 15) is 14.4 Å². The number of halogens is 1. The molecule has 0 bridgehead atoms. The molecule has 30 heavy (non-hydrogen) atoms. The molecule has 3 amide bonds. The zero-order chi connectivity index (χ0) is 21.7. The second kappa shape index (κ2) is 9.24. The summed E-state index contributed by atoms with van der Waals surface area (Å²) in [6.45, 7) is 3.24. The summed E-state index contributed by atoms with van der Waals surface area (Å²) >= 11 is 6.17. The van der Waals surface area contributed by atoms with Crippen molar-refractivity contribution in [1.29, 1.82) is 0 Å². The second-order valence-electron chi connectivity index (χ2n) is 6.68. The molecule has 0 fully saturated rings. The minimum Gasteiger partial charge on any atom is -0.326 e. The predicted octanol–water partition coefficient (Wildman–Crippen LogP) is 5.11. The molecule has 3 rings (SSSR count). The number of aryl methyl sites for hydroxylation is 1. The second-order valence-corrected chi connectivity index (χ2v) is 7.09. The fraction of sp³-hybridized carbons (Fsp3) is 0.0870. The molecule has 3 N–H and O–H groups in total. The molecule has 3 aromatic carbocycles. The van der Waals surface area contributed by atoms with E-state index in [-0.39, 0.29) is 11.8 Å². The van der Waals surface area contributed by atoms with Crippen LogP contribution in [0.5, 0.6) is 0 Å². The fourth-order valence-corrected chi connectivity index (χ4v) is 2.94. The van der Waals surface area contributed by atoms with Gasteiger partial charge >= 0.3 is 0 Å². The number of nitrogens with one attached hydrogen (secondary N) is 3. The third-order valence-electron chi connectivity index (χ3n) is 4.32. The summed E-state index contributed by atoms with van der Waals surface area (Å²) in [7, 11) is 0. The maximum absolute atomic E-state index is 12.7. The van der Waals surface area contributed by atoms with Crippen molar-refractivity contribution in [2.75, 3.05) is 16.0 Å². The molecule has 6 nitrogen and oxygen atoms in total. The smallest absolute Gasteiger partial charge is 0.255 e. The van der Waals surface area contributed by atoms with Crippen LogP contribution in [0.1, 0.15) is 33.2 Å². The topological polar surface area (TPSA) is 87.3 Å². The Kier molecular flexibility index (Phi) is 6.49. The molecular weight excluding hydrogens is 402 g/mol. The van der Waals surface area contributed by atoms with E-state index in [4.69, 9.17) is 11.6 Å². The van der Waals surface area contributed by atoms with Gasteiger partial charge in [0.15, 0.2) is 0 Å². The van der Waals surface area contributed by atoms with E-state index in [0.29, 0.717) is 33.2 Å². The lowest BCUT2D eigenvalue weighted by Crippen LogP contribution is -2.16. The normalized spacial score (nSPS) is 10.2. The largest absolute Gasteiger partial charge is 0.326 e. The van der Waals surface area contributed by atoms with Gasteiger partial charge < -0.3 is 16.0 Å². The summed E-state index contributed by atoms with van der Waals surface area (Å²) in [5.41, 5.74) is 3.11. The standard InChI is InChI=1S/C23H20ClN3O3/c1-14-8-9-17(12-20(14)26-22(29)16-6-4-3-5-7-16)23(30)27-21-13-18(25-15(2)28)10-11-19(21)24/h3-13H,1-2H3,(H,25,28)(H,26,29)(H,27,30). The minimum atomic E-state index is -0.396. The number of carbonyl (C=O) groups is 3. The Bertz CT molecular complexity index is 1110. The van der Waals surface area contributed by atoms with E-state index < -0.39 is 5.91 Å². The van der Waals surface area contributed by atoms with Gasteiger partial charge in [0, 0.05) is 29.4 Å². The van der Waals surface area contributed by atoms with Gasteiger partial charge in [0.1, 0.15) is 0 Å². The van der Waals surface area contributed by atoms with Crippen molar-refractivity contribution in [3.63, 3.8) is 0 Å². The SMILES string of the molecule is CC(=O)Nc1ccc(Cl)c(NC(=O)c2ccc(C)c(NC(=O)c3ccccc3)c2)c1. The first kappa shape index (κ1) is 21.1. The van der Waals surface area contributed by atoms with Crippen LogP contribution in [-0.4, -0.2) is 17.7 Å². The van der Waals surface area contributed by atoms with Crippen molar-refractivity contribution < 1.29 is 14.4 Å². The monoisotopic (exact) mass is 421 g/mol. The van der Waals surface area contributed by atoms with E-state index >= 15 is 0 Å². The molecule has 152 valence electrons. The molecule has 0 aliphatic carbocycles. The molecule has 0 unspecified atom stereocenters. The van der Waals surface area contributed by atoms with Crippen molar-refractivity contribution in [2.45, 2.75) is 13.8 Å². The first-order valence-electron chi connectivity index (χ1n) is 9.19. The third kappa shape index (κ3) is 5.24. The Morgan fingerprint density at radius 1 is 0.733 bits per heavy atom. The highest BCUT2D eigenvalue weighted by Gasteiger charge is 2.13. The van der Waals surface area contributed by atoms with Gasteiger partial charge in [0.25, 0.3) is 11.8 Å². The third-order valence-corrected chi connectivity index (χ3v) is 4.65. The highest BCUT2D eigenvalue weighted by atomic mass is 35.5. The zero-order valence-electron chi connectivity index (χ0n) is 16.5. The summed E-state index contributed by atoms with van der Waals surface area (Å²) in [5.74, 6) is -0.888. The van der Waals surface area contributed by atoms with Crippen LogP contribution < -0.4 is 16.0 Å². The molecule has 0 heterocycles. The molecule has 0 aliphatic heterocycles.